The maximum atomic E-state index is 11.5. The van der Waals surface area contributed by atoms with E-state index < -0.39 is 0 Å². The van der Waals surface area contributed by atoms with Crippen molar-refractivity contribution in [2.45, 2.75) is 20.3 Å². The zero-order valence-electron chi connectivity index (χ0n) is 11.5. The number of thioether (sulfide) groups is 1. The van der Waals surface area contributed by atoms with Crippen molar-refractivity contribution in [2.24, 2.45) is 11.8 Å². The van der Waals surface area contributed by atoms with E-state index in [1.54, 1.807) is 18.2 Å². The van der Waals surface area contributed by atoms with Crippen LogP contribution >= 0.6 is 11.8 Å². The third-order valence-corrected chi connectivity index (χ3v) is 3.57. The second-order valence-electron chi connectivity index (χ2n) is 4.61. The molecule has 5 heteroatoms. The van der Waals surface area contributed by atoms with Gasteiger partial charge in [-0.1, -0.05) is 26.0 Å². The predicted octanol–water partition coefficient (Wildman–Crippen LogP) is 2.45. The molecular formula is C14H22N2O2S. The first-order chi connectivity index (χ1) is 9.15. The molecule has 0 spiro atoms. The largest absolute Gasteiger partial charge is 0.492 e. The van der Waals surface area contributed by atoms with Crippen molar-refractivity contribution in [1.82, 2.24) is 5.43 Å². The second kappa shape index (κ2) is 8.82. The molecule has 0 saturated heterocycles. The van der Waals surface area contributed by atoms with Gasteiger partial charge in [0.1, 0.15) is 5.75 Å². The van der Waals surface area contributed by atoms with Crippen molar-refractivity contribution in [2.75, 3.05) is 18.1 Å². The highest BCUT2D eigenvalue weighted by atomic mass is 32.2. The summed E-state index contributed by atoms with van der Waals surface area (Å²) in [4.78, 5) is 11.5. The number of nitrogens with one attached hydrogen (secondary N) is 1. The van der Waals surface area contributed by atoms with Gasteiger partial charge in [0.2, 0.25) is 0 Å². The highest BCUT2D eigenvalue weighted by molar-refractivity contribution is 7.99. The lowest BCUT2D eigenvalue weighted by atomic mass is 10.2. The Labute approximate surface area is 119 Å². The zero-order chi connectivity index (χ0) is 14.1. The summed E-state index contributed by atoms with van der Waals surface area (Å²) < 4.78 is 5.63. The third kappa shape index (κ3) is 5.98. The molecule has 19 heavy (non-hydrogen) atoms. The number of ether oxygens (including phenoxy) is 1. The summed E-state index contributed by atoms with van der Waals surface area (Å²) >= 11 is 1.87. The van der Waals surface area contributed by atoms with E-state index in [2.05, 4.69) is 19.3 Å². The summed E-state index contributed by atoms with van der Waals surface area (Å²) in [6.07, 6.45) is 1.22. The Balaban J connectivity index is 2.35. The van der Waals surface area contributed by atoms with Gasteiger partial charge in [-0.2, -0.15) is 11.8 Å². The first-order valence-electron chi connectivity index (χ1n) is 6.45. The molecule has 1 amide bonds. The molecule has 0 saturated carbocycles. The lowest BCUT2D eigenvalue weighted by Crippen LogP contribution is -2.30. The van der Waals surface area contributed by atoms with E-state index in [1.807, 2.05) is 17.8 Å². The number of carbonyl (C=O) groups excluding carboxylic acids is 1. The smallest absolute Gasteiger partial charge is 0.268 e. The van der Waals surface area contributed by atoms with Crippen LogP contribution in [0.3, 0.4) is 0 Å². The zero-order valence-corrected chi connectivity index (χ0v) is 12.3. The fraction of sp³-hybridized carbons (Fsp3) is 0.500. The molecule has 0 aliphatic heterocycles. The van der Waals surface area contributed by atoms with Gasteiger partial charge in [0.25, 0.3) is 5.91 Å². The molecule has 0 aromatic heterocycles. The second-order valence-corrected chi connectivity index (χ2v) is 5.84. The van der Waals surface area contributed by atoms with Crippen LogP contribution in [0.2, 0.25) is 0 Å². The minimum atomic E-state index is -0.330. The third-order valence-electron chi connectivity index (χ3n) is 2.59. The molecule has 0 radical (unpaired) electrons. The maximum Gasteiger partial charge on any atom is 0.268 e. The maximum absolute atomic E-state index is 11.5. The lowest BCUT2D eigenvalue weighted by Gasteiger charge is -2.10. The topological polar surface area (TPSA) is 64.3 Å². The molecule has 0 bridgehead atoms. The lowest BCUT2D eigenvalue weighted by molar-refractivity contribution is 0.0950. The van der Waals surface area contributed by atoms with E-state index in [-0.39, 0.29) is 5.91 Å². The normalized spacial score (nSPS) is 10.5. The highest BCUT2D eigenvalue weighted by Crippen LogP contribution is 2.18. The Morgan fingerprint density at radius 1 is 1.37 bits per heavy atom. The molecule has 3 N–H and O–H groups in total. The number of benzene rings is 1. The van der Waals surface area contributed by atoms with Crippen molar-refractivity contribution in [3.05, 3.63) is 29.8 Å². The molecule has 0 heterocycles. The van der Waals surface area contributed by atoms with Crippen LogP contribution in [0, 0.1) is 5.92 Å². The molecule has 0 unspecified atom stereocenters. The van der Waals surface area contributed by atoms with Crippen molar-refractivity contribution >= 4 is 17.7 Å². The van der Waals surface area contributed by atoms with E-state index in [0.29, 0.717) is 17.9 Å². The van der Waals surface area contributed by atoms with Crippen LogP contribution in [0.1, 0.15) is 30.6 Å². The SMILES string of the molecule is CC(C)CCSCCOc1ccccc1C(=O)NN. The number of para-hydroxylation sites is 1. The fourth-order valence-electron chi connectivity index (χ4n) is 1.49. The number of hydrazine groups is 1. The molecule has 0 aliphatic rings. The van der Waals surface area contributed by atoms with Crippen LogP contribution in [0.4, 0.5) is 0 Å². The van der Waals surface area contributed by atoms with Gasteiger partial charge in [-0.25, -0.2) is 5.84 Å². The van der Waals surface area contributed by atoms with Gasteiger partial charge in [-0.3, -0.25) is 10.2 Å². The molecule has 4 nitrogen and oxygen atoms in total. The molecule has 106 valence electrons. The van der Waals surface area contributed by atoms with Gasteiger partial charge in [0.05, 0.1) is 12.2 Å². The molecule has 1 rings (SSSR count). The van der Waals surface area contributed by atoms with Crippen LogP contribution in [-0.2, 0) is 0 Å². The predicted molar refractivity (Wildman–Crippen MR) is 80.4 cm³/mol. The number of carbonyl (C=O) groups is 1. The Morgan fingerprint density at radius 2 is 2.11 bits per heavy atom. The molecule has 1 aromatic rings. The fourth-order valence-corrected chi connectivity index (χ4v) is 2.53. The minimum absolute atomic E-state index is 0.330. The summed E-state index contributed by atoms with van der Waals surface area (Å²) in [5, 5.41) is 0. The van der Waals surface area contributed by atoms with Crippen molar-refractivity contribution in [3.8, 4) is 5.75 Å². The number of hydrogen-bond acceptors (Lipinski definition) is 4. The number of hydrogen-bond donors (Lipinski definition) is 2. The molecule has 0 atom stereocenters. The van der Waals surface area contributed by atoms with Gasteiger partial charge in [-0.05, 0) is 30.2 Å². The summed E-state index contributed by atoms with van der Waals surface area (Å²) in [6.45, 7) is 5.04. The van der Waals surface area contributed by atoms with E-state index in [1.165, 1.54) is 6.42 Å². The van der Waals surface area contributed by atoms with E-state index >= 15 is 0 Å². The van der Waals surface area contributed by atoms with Crippen LogP contribution in [0.15, 0.2) is 24.3 Å². The molecule has 0 fully saturated rings. The summed E-state index contributed by atoms with van der Waals surface area (Å²) in [5.74, 6) is 8.19. The minimum Gasteiger partial charge on any atom is -0.492 e. The van der Waals surface area contributed by atoms with Crippen molar-refractivity contribution in [3.63, 3.8) is 0 Å². The number of amides is 1. The van der Waals surface area contributed by atoms with E-state index in [4.69, 9.17) is 10.6 Å². The first kappa shape index (κ1) is 15.9. The number of rotatable bonds is 8. The van der Waals surface area contributed by atoms with E-state index in [0.717, 1.165) is 17.4 Å². The average molecular weight is 282 g/mol. The quantitative estimate of drug-likeness (QED) is 0.333. The van der Waals surface area contributed by atoms with Crippen LogP contribution < -0.4 is 16.0 Å². The Hall–Kier alpha value is -1.20. The summed E-state index contributed by atoms with van der Waals surface area (Å²) in [7, 11) is 0. The van der Waals surface area contributed by atoms with Gasteiger partial charge in [0, 0.05) is 5.75 Å². The Morgan fingerprint density at radius 3 is 2.79 bits per heavy atom. The van der Waals surface area contributed by atoms with Gasteiger partial charge >= 0.3 is 0 Å². The molecule has 1 aromatic carbocycles. The van der Waals surface area contributed by atoms with Gasteiger partial charge in [0.15, 0.2) is 0 Å². The Bertz CT molecular complexity index is 397. The summed E-state index contributed by atoms with van der Waals surface area (Å²) in [5.41, 5.74) is 2.59. The number of nitrogens with two attached hydrogens (primary N) is 1. The number of nitrogen functional groups attached to an aromatic ring is 1. The van der Waals surface area contributed by atoms with Crippen LogP contribution in [-0.4, -0.2) is 24.0 Å². The molecular weight excluding hydrogens is 260 g/mol. The van der Waals surface area contributed by atoms with Crippen LogP contribution in [0.25, 0.3) is 0 Å². The van der Waals surface area contributed by atoms with Crippen LogP contribution in [0.5, 0.6) is 5.75 Å². The standard InChI is InChI=1S/C14H22N2O2S/c1-11(2)7-9-19-10-8-18-13-6-4-3-5-12(13)14(17)16-15/h3-6,11H,7-10,15H2,1-2H3,(H,16,17). The first-order valence-corrected chi connectivity index (χ1v) is 7.61. The van der Waals surface area contributed by atoms with E-state index in [9.17, 15) is 4.79 Å². The summed E-state index contributed by atoms with van der Waals surface area (Å²) in [6, 6.07) is 7.11. The monoisotopic (exact) mass is 282 g/mol. The van der Waals surface area contributed by atoms with Gasteiger partial charge in [-0.15, -0.1) is 0 Å². The van der Waals surface area contributed by atoms with Gasteiger partial charge < -0.3 is 4.74 Å². The van der Waals surface area contributed by atoms with Crippen molar-refractivity contribution < 1.29 is 9.53 Å². The van der Waals surface area contributed by atoms with Crippen molar-refractivity contribution in [1.29, 1.82) is 0 Å². The average Bonchev–Trinajstić information content (AvgIpc) is 2.42. The highest BCUT2D eigenvalue weighted by Gasteiger charge is 2.10. The Kier molecular flexibility index (Phi) is 7.36. The molecule has 0 aliphatic carbocycles.